The van der Waals surface area contributed by atoms with E-state index >= 15 is 0 Å². The maximum absolute atomic E-state index is 13.1. The Balaban J connectivity index is 1.49. The molecule has 0 saturated heterocycles. The second-order valence-electron chi connectivity index (χ2n) is 9.75. The molecule has 0 amide bonds. The monoisotopic (exact) mass is 420 g/mol. The summed E-state index contributed by atoms with van der Waals surface area (Å²) >= 11 is 0. The predicted octanol–water partition coefficient (Wildman–Crippen LogP) is 4.82. The van der Waals surface area contributed by atoms with Crippen LogP contribution in [-0.4, -0.2) is 47.3 Å². The number of carbonyl (C=O) groups excluding carboxylic acids is 1. The molecule has 0 N–H and O–H groups in total. The highest BCUT2D eigenvalue weighted by molar-refractivity contribution is 5.96. The Kier molecular flexibility index (Phi) is 7.01. The fourth-order valence-corrected chi connectivity index (χ4v) is 4.74. The van der Waals surface area contributed by atoms with Crippen LogP contribution in [-0.2, 0) is 13.0 Å². The van der Waals surface area contributed by atoms with E-state index in [2.05, 4.69) is 59.0 Å². The smallest absolute Gasteiger partial charge is 0.185 e. The summed E-state index contributed by atoms with van der Waals surface area (Å²) < 4.78 is 0. The normalized spacial score (nSPS) is 17.2. The lowest BCUT2D eigenvalue weighted by atomic mass is 9.94. The lowest BCUT2D eigenvalue weighted by Crippen LogP contribution is -2.39. The van der Waals surface area contributed by atoms with Gasteiger partial charge in [-0.25, -0.2) is 9.97 Å². The van der Waals surface area contributed by atoms with Crippen LogP contribution in [0.2, 0.25) is 0 Å². The molecule has 31 heavy (non-hydrogen) atoms. The van der Waals surface area contributed by atoms with Gasteiger partial charge in [0.1, 0.15) is 17.8 Å². The van der Waals surface area contributed by atoms with Crippen molar-refractivity contribution in [3.8, 4) is 0 Å². The number of carbonyl (C=O) groups is 1. The van der Waals surface area contributed by atoms with Gasteiger partial charge in [-0.3, -0.25) is 4.79 Å². The molecule has 0 atom stereocenters. The highest BCUT2D eigenvalue weighted by Gasteiger charge is 2.30. The topological polar surface area (TPSA) is 49.3 Å². The molecule has 0 aliphatic heterocycles. The molecule has 1 aromatic heterocycles. The van der Waals surface area contributed by atoms with Crippen LogP contribution in [0.1, 0.15) is 72.1 Å². The number of rotatable bonds is 9. The van der Waals surface area contributed by atoms with Crippen LogP contribution < -0.4 is 4.90 Å². The first-order chi connectivity index (χ1) is 15.0. The van der Waals surface area contributed by atoms with E-state index in [9.17, 15) is 4.79 Å². The molecular weight excluding hydrogens is 384 g/mol. The number of Topliss-reactive ketones (excluding diaryl/α,β-unsaturated/α-hetero) is 1. The summed E-state index contributed by atoms with van der Waals surface area (Å²) in [7, 11) is 4.14. The minimum absolute atomic E-state index is 0.0714. The van der Waals surface area contributed by atoms with Gasteiger partial charge in [0.2, 0.25) is 0 Å². The number of nitrogens with zero attached hydrogens (tertiary/aromatic N) is 4. The summed E-state index contributed by atoms with van der Waals surface area (Å²) in [5, 5.41) is 0. The van der Waals surface area contributed by atoms with Crippen molar-refractivity contribution >= 4 is 11.6 Å². The zero-order valence-electron chi connectivity index (χ0n) is 19.3. The highest BCUT2D eigenvalue weighted by Crippen LogP contribution is 2.34. The van der Waals surface area contributed by atoms with E-state index in [1.165, 1.54) is 56.1 Å². The molecule has 0 spiro atoms. The van der Waals surface area contributed by atoms with Crippen LogP contribution in [0.25, 0.3) is 0 Å². The summed E-state index contributed by atoms with van der Waals surface area (Å²) in [6, 6.07) is 8.90. The quantitative estimate of drug-likeness (QED) is 0.544. The van der Waals surface area contributed by atoms with Gasteiger partial charge in [-0.1, -0.05) is 37.5 Å². The Hall–Kier alpha value is -2.27. The Labute approximate surface area is 186 Å². The van der Waals surface area contributed by atoms with Gasteiger partial charge < -0.3 is 9.80 Å². The van der Waals surface area contributed by atoms with Gasteiger partial charge >= 0.3 is 0 Å². The Morgan fingerprint density at radius 1 is 1.03 bits per heavy atom. The van der Waals surface area contributed by atoms with Crippen LogP contribution in [0.5, 0.6) is 0 Å². The summed E-state index contributed by atoms with van der Waals surface area (Å²) in [6.07, 6.45) is 11.0. The van der Waals surface area contributed by atoms with E-state index in [1.54, 1.807) is 6.33 Å². The van der Waals surface area contributed by atoms with E-state index in [0.717, 1.165) is 30.4 Å². The molecule has 2 aromatic rings. The van der Waals surface area contributed by atoms with Gasteiger partial charge in [0, 0.05) is 31.6 Å². The Morgan fingerprint density at radius 2 is 1.81 bits per heavy atom. The van der Waals surface area contributed by atoms with Crippen LogP contribution in [0.3, 0.4) is 0 Å². The average molecular weight is 421 g/mol. The van der Waals surface area contributed by atoms with E-state index in [-0.39, 0.29) is 5.78 Å². The third-order valence-electron chi connectivity index (χ3n) is 6.66. The summed E-state index contributed by atoms with van der Waals surface area (Å²) in [6.45, 7) is 4.07. The molecule has 0 bridgehead atoms. The minimum atomic E-state index is 0.0714. The number of ketones is 1. The summed E-state index contributed by atoms with van der Waals surface area (Å²) in [5.41, 5.74) is 4.05. The zero-order chi connectivity index (χ0) is 21.8. The molecule has 166 valence electrons. The molecule has 0 unspecified atom stereocenters. The lowest BCUT2D eigenvalue weighted by molar-refractivity contribution is 0.0988. The number of aromatic nitrogens is 2. The van der Waals surface area contributed by atoms with Crippen molar-refractivity contribution in [1.29, 1.82) is 0 Å². The number of anilines is 1. The van der Waals surface area contributed by atoms with Crippen molar-refractivity contribution in [2.75, 3.05) is 25.5 Å². The third kappa shape index (κ3) is 5.91. The Bertz CT molecular complexity index is 900. The molecule has 1 aromatic carbocycles. The first-order valence-electron chi connectivity index (χ1n) is 11.8. The number of benzene rings is 1. The number of hydrogen-bond acceptors (Lipinski definition) is 5. The Morgan fingerprint density at radius 3 is 2.48 bits per heavy atom. The van der Waals surface area contributed by atoms with Crippen molar-refractivity contribution in [2.45, 2.75) is 70.9 Å². The van der Waals surface area contributed by atoms with Crippen LogP contribution in [0.4, 0.5) is 5.82 Å². The van der Waals surface area contributed by atoms with Crippen LogP contribution in [0.15, 0.2) is 30.6 Å². The molecule has 0 radical (unpaired) electrons. The average Bonchev–Trinajstić information content (AvgIpc) is 3.58. The maximum Gasteiger partial charge on any atom is 0.185 e. The molecule has 5 nitrogen and oxygen atoms in total. The van der Waals surface area contributed by atoms with Crippen molar-refractivity contribution in [3.05, 3.63) is 53.0 Å². The van der Waals surface area contributed by atoms with Gasteiger partial charge in [-0.15, -0.1) is 0 Å². The largest absolute Gasteiger partial charge is 0.353 e. The van der Waals surface area contributed by atoms with E-state index in [1.807, 2.05) is 6.07 Å². The fraction of sp³-hybridized carbons (Fsp3) is 0.577. The van der Waals surface area contributed by atoms with E-state index in [0.29, 0.717) is 18.2 Å². The van der Waals surface area contributed by atoms with Crippen molar-refractivity contribution in [1.82, 2.24) is 14.9 Å². The van der Waals surface area contributed by atoms with Crippen molar-refractivity contribution in [3.63, 3.8) is 0 Å². The molecule has 2 aliphatic carbocycles. The molecule has 4 rings (SSSR count). The predicted molar refractivity (Wildman–Crippen MR) is 126 cm³/mol. The molecule has 5 heteroatoms. The minimum Gasteiger partial charge on any atom is -0.353 e. The van der Waals surface area contributed by atoms with Crippen molar-refractivity contribution < 1.29 is 4.79 Å². The van der Waals surface area contributed by atoms with Crippen molar-refractivity contribution in [2.24, 2.45) is 5.92 Å². The van der Waals surface area contributed by atoms with E-state index < -0.39 is 0 Å². The van der Waals surface area contributed by atoms with Gasteiger partial charge in [0.25, 0.3) is 0 Å². The van der Waals surface area contributed by atoms with Gasteiger partial charge in [0.05, 0.1) is 0 Å². The molecule has 1 heterocycles. The lowest BCUT2D eigenvalue weighted by Gasteiger charge is -2.35. The van der Waals surface area contributed by atoms with Crippen LogP contribution >= 0.6 is 0 Å². The SMILES string of the molecule is Cc1cc(CN(C)C)ccc1CC(=O)c1cc(N(CC2CC2)C2CCCCC2)ncn1. The second-order valence-corrected chi connectivity index (χ2v) is 9.75. The number of hydrogen-bond donors (Lipinski definition) is 0. The summed E-state index contributed by atoms with van der Waals surface area (Å²) in [5.74, 6) is 1.80. The molecular formula is C26H36N4O. The maximum atomic E-state index is 13.1. The van der Waals surface area contributed by atoms with E-state index in [4.69, 9.17) is 0 Å². The van der Waals surface area contributed by atoms with Gasteiger partial charge in [-0.2, -0.15) is 0 Å². The standard InChI is InChI=1S/C26H36N4O/c1-19-13-21(16-29(2)3)11-12-22(19)14-25(31)24-15-26(28-18-27-24)30(17-20-9-10-20)23-7-5-4-6-8-23/h11-13,15,18,20,23H,4-10,14,16-17H2,1-3H3. The number of aryl methyl sites for hydroxylation is 1. The molecule has 2 aliphatic rings. The first-order valence-corrected chi connectivity index (χ1v) is 11.8. The zero-order valence-corrected chi connectivity index (χ0v) is 19.3. The summed E-state index contributed by atoms with van der Waals surface area (Å²) in [4.78, 5) is 26.7. The fourth-order valence-electron chi connectivity index (χ4n) is 4.74. The van der Waals surface area contributed by atoms with Crippen LogP contribution in [0, 0.1) is 12.8 Å². The molecule has 2 saturated carbocycles. The van der Waals surface area contributed by atoms with Gasteiger partial charge in [-0.05, 0) is 69.3 Å². The highest BCUT2D eigenvalue weighted by atomic mass is 16.1. The van der Waals surface area contributed by atoms with Gasteiger partial charge in [0.15, 0.2) is 5.78 Å². The second kappa shape index (κ2) is 9.90. The molecule has 2 fully saturated rings. The first kappa shape index (κ1) is 21.9. The third-order valence-corrected chi connectivity index (χ3v) is 6.66.